The van der Waals surface area contributed by atoms with Crippen molar-refractivity contribution in [2.45, 2.75) is 39.5 Å². The summed E-state index contributed by atoms with van der Waals surface area (Å²) in [4.78, 5) is 16.9. The molecule has 124 valence electrons. The summed E-state index contributed by atoms with van der Waals surface area (Å²) in [5.41, 5.74) is 3.12. The highest BCUT2D eigenvalue weighted by atomic mass is 15.1. The molecule has 0 aliphatic carbocycles. The van der Waals surface area contributed by atoms with Crippen molar-refractivity contribution in [3.8, 4) is 0 Å². The first-order valence-electron chi connectivity index (χ1n) is 8.13. The molecule has 4 heterocycles. The summed E-state index contributed by atoms with van der Waals surface area (Å²) in [5.74, 6) is 1.72. The molecule has 0 spiro atoms. The summed E-state index contributed by atoms with van der Waals surface area (Å²) in [6.07, 6.45) is 13.2. The van der Waals surface area contributed by atoms with Gasteiger partial charge in [0.05, 0.1) is 17.6 Å². The Morgan fingerprint density at radius 2 is 1.54 bits per heavy atom. The predicted molar refractivity (Wildman–Crippen MR) is 94.2 cm³/mol. The molecule has 6 nitrogen and oxygen atoms in total. The predicted octanol–water partition coefficient (Wildman–Crippen LogP) is 3.71. The number of hydrogen-bond acceptors (Lipinski definition) is 4. The van der Waals surface area contributed by atoms with Gasteiger partial charge in [-0.1, -0.05) is 27.7 Å². The smallest absolute Gasteiger partial charge is 0.233 e. The monoisotopic (exact) mass is 322 g/mol. The minimum Gasteiger partial charge on any atom is -0.304 e. The van der Waals surface area contributed by atoms with Gasteiger partial charge in [0.15, 0.2) is 5.65 Å². The zero-order valence-electron chi connectivity index (χ0n) is 14.5. The van der Waals surface area contributed by atoms with Crippen molar-refractivity contribution >= 4 is 11.4 Å². The lowest BCUT2D eigenvalue weighted by atomic mass is 10.2. The molecule has 0 saturated heterocycles. The van der Waals surface area contributed by atoms with E-state index in [1.807, 2.05) is 39.7 Å². The number of aromatic nitrogens is 6. The Labute approximate surface area is 141 Å². The van der Waals surface area contributed by atoms with Crippen molar-refractivity contribution in [2.75, 3.05) is 0 Å². The van der Waals surface area contributed by atoms with Crippen molar-refractivity contribution in [1.82, 2.24) is 28.7 Å². The third-order valence-corrected chi connectivity index (χ3v) is 3.72. The minimum atomic E-state index is 0.465. The maximum absolute atomic E-state index is 4.41. The van der Waals surface area contributed by atoms with Gasteiger partial charge in [0.2, 0.25) is 5.78 Å². The van der Waals surface area contributed by atoms with E-state index in [0.29, 0.717) is 11.8 Å². The zero-order valence-corrected chi connectivity index (χ0v) is 14.5. The molecule has 24 heavy (non-hydrogen) atoms. The summed E-state index contributed by atoms with van der Waals surface area (Å²) < 4.78 is 3.93. The molecule has 0 aliphatic rings. The van der Waals surface area contributed by atoms with E-state index in [0.717, 1.165) is 22.8 Å². The molecule has 0 amide bonds. The van der Waals surface area contributed by atoms with Gasteiger partial charge in [0.1, 0.15) is 0 Å². The third kappa shape index (κ3) is 3.42. The van der Waals surface area contributed by atoms with Crippen molar-refractivity contribution in [3.05, 3.63) is 60.8 Å². The molecular formula is C18H22N6. The number of imidazole rings is 2. The number of nitrogens with zero attached hydrogens (tertiary/aromatic N) is 6. The van der Waals surface area contributed by atoms with E-state index in [1.54, 1.807) is 18.6 Å². The average Bonchev–Trinajstić information content (AvgIpc) is 3.19. The summed E-state index contributed by atoms with van der Waals surface area (Å²) in [6.45, 7) is 8.52. The van der Waals surface area contributed by atoms with Gasteiger partial charge in [-0.15, -0.1) is 0 Å². The van der Waals surface area contributed by atoms with Crippen LogP contribution in [0.15, 0.2) is 49.4 Å². The molecule has 0 aliphatic heterocycles. The van der Waals surface area contributed by atoms with Crippen molar-refractivity contribution in [1.29, 1.82) is 0 Å². The first kappa shape index (κ1) is 16.1. The Bertz CT molecular complexity index is 791. The number of fused-ring (bicyclic) bond motifs is 2. The van der Waals surface area contributed by atoms with Gasteiger partial charge in [0.25, 0.3) is 0 Å². The number of rotatable bonds is 2. The number of hydrogen-bond donors (Lipinski definition) is 0. The molecule has 0 bridgehead atoms. The molecule has 4 aromatic rings. The van der Waals surface area contributed by atoms with E-state index in [-0.39, 0.29) is 0 Å². The van der Waals surface area contributed by atoms with Crippen LogP contribution in [0.4, 0.5) is 0 Å². The fourth-order valence-corrected chi connectivity index (χ4v) is 2.27. The van der Waals surface area contributed by atoms with Crippen LogP contribution in [0.2, 0.25) is 0 Å². The third-order valence-electron chi connectivity index (χ3n) is 3.72. The topological polar surface area (TPSA) is 60.4 Å². The fraction of sp³-hybridized carbons (Fsp3) is 0.333. The lowest BCUT2D eigenvalue weighted by Crippen LogP contribution is -1.85. The quantitative estimate of drug-likeness (QED) is 0.564. The van der Waals surface area contributed by atoms with E-state index in [9.17, 15) is 0 Å². The van der Waals surface area contributed by atoms with Gasteiger partial charge in [-0.2, -0.15) is 0 Å². The molecular weight excluding hydrogens is 300 g/mol. The normalized spacial score (nSPS) is 11.2. The van der Waals surface area contributed by atoms with Gasteiger partial charge in [-0.05, 0) is 17.9 Å². The Kier molecular flexibility index (Phi) is 4.55. The summed E-state index contributed by atoms with van der Waals surface area (Å²) in [7, 11) is 0. The SMILES string of the molecule is CC(C)c1cn2cccnc2n1.CC(C)c1cn2ccncc2n1. The molecule has 0 atom stereocenters. The van der Waals surface area contributed by atoms with E-state index >= 15 is 0 Å². The lowest BCUT2D eigenvalue weighted by Gasteiger charge is -1.94. The zero-order chi connectivity index (χ0) is 17.1. The van der Waals surface area contributed by atoms with Crippen LogP contribution in [-0.2, 0) is 0 Å². The fourth-order valence-electron chi connectivity index (χ4n) is 2.27. The van der Waals surface area contributed by atoms with Gasteiger partial charge in [-0.3, -0.25) is 9.38 Å². The van der Waals surface area contributed by atoms with Gasteiger partial charge in [0, 0.05) is 37.2 Å². The first-order chi connectivity index (χ1) is 11.5. The van der Waals surface area contributed by atoms with Crippen LogP contribution in [0.5, 0.6) is 0 Å². The standard InChI is InChI=1S/2C9H11N3/c1-7(2)8-6-12-4-3-10-5-9(12)11-8;1-7(2)8-6-12-5-3-4-10-9(12)11-8/h2*3-7H,1-2H3. The maximum atomic E-state index is 4.41. The minimum absolute atomic E-state index is 0.465. The summed E-state index contributed by atoms with van der Waals surface area (Å²) >= 11 is 0. The molecule has 0 saturated carbocycles. The second kappa shape index (κ2) is 6.78. The van der Waals surface area contributed by atoms with Gasteiger partial charge < -0.3 is 4.40 Å². The Morgan fingerprint density at radius 1 is 0.833 bits per heavy atom. The highest BCUT2D eigenvalue weighted by Crippen LogP contribution is 2.13. The molecule has 0 unspecified atom stereocenters. The second-order valence-electron chi connectivity index (χ2n) is 6.31. The van der Waals surface area contributed by atoms with Crippen LogP contribution in [0, 0.1) is 0 Å². The highest BCUT2D eigenvalue weighted by molar-refractivity contribution is 5.37. The molecule has 0 fully saturated rings. The molecule has 4 aromatic heterocycles. The van der Waals surface area contributed by atoms with Crippen molar-refractivity contribution in [2.24, 2.45) is 0 Å². The van der Waals surface area contributed by atoms with Gasteiger partial charge >= 0.3 is 0 Å². The van der Waals surface area contributed by atoms with E-state index in [1.165, 1.54) is 0 Å². The second-order valence-corrected chi connectivity index (χ2v) is 6.31. The van der Waals surface area contributed by atoms with Crippen LogP contribution in [0.3, 0.4) is 0 Å². The first-order valence-corrected chi connectivity index (χ1v) is 8.13. The molecule has 0 N–H and O–H groups in total. The van der Waals surface area contributed by atoms with Crippen molar-refractivity contribution < 1.29 is 0 Å². The molecule has 0 aromatic carbocycles. The Hall–Kier alpha value is -2.76. The highest BCUT2D eigenvalue weighted by Gasteiger charge is 2.05. The molecule has 4 rings (SSSR count). The van der Waals surface area contributed by atoms with Crippen LogP contribution < -0.4 is 0 Å². The Morgan fingerprint density at radius 3 is 2.21 bits per heavy atom. The Balaban J connectivity index is 0.000000141. The van der Waals surface area contributed by atoms with Gasteiger partial charge in [-0.25, -0.2) is 15.0 Å². The van der Waals surface area contributed by atoms with E-state index < -0.39 is 0 Å². The maximum Gasteiger partial charge on any atom is 0.233 e. The largest absolute Gasteiger partial charge is 0.304 e. The van der Waals surface area contributed by atoms with Crippen LogP contribution >= 0.6 is 0 Å². The lowest BCUT2D eigenvalue weighted by molar-refractivity contribution is 0.833. The molecule has 0 radical (unpaired) electrons. The van der Waals surface area contributed by atoms with E-state index in [2.05, 4.69) is 47.6 Å². The van der Waals surface area contributed by atoms with E-state index in [4.69, 9.17) is 0 Å². The van der Waals surface area contributed by atoms with Crippen LogP contribution in [0.1, 0.15) is 50.9 Å². The summed E-state index contributed by atoms with van der Waals surface area (Å²) in [6, 6.07) is 1.90. The summed E-state index contributed by atoms with van der Waals surface area (Å²) in [5, 5.41) is 0. The van der Waals surface area contributed by atoms with Crippen LogP contribution in [-0.4, -0.2) is 28.7 Å². The van der Waals surface area contributed by atoms with Crippen molar-refractivity contribution in [3.63, 3.8) is 0 Å². The molecule has 6 heteroatoms. The van der Waals surface area contributed by atoms with Crippen LogP contribution in [0.25, 0.3) is 11.4 Å². The average molecular weight is 322 g/mol.